The average Bonchev–Trinajstić information content (AvgIpc) is 3.54. The highest BCUT2D eigenvalue weighted by Crippen LogP contribution is 2.55. The van der Waals surface area contributed by atoms with E-state index in [-0.39, 0.29) is 23.8 Å². The summed E-state index contributed by atoms with van der Waals surface area (Å²) < 4.78 is 11.7. The van der Waals surface area contributed by atoms with Crippen molar-refractivity contribution >= 4 is 23.4 Å². The summed E-state index contributed by atoms with van der Waals surface area (Å²) in [7, 11) is 1.57. The number of ether oxygens (including phenoxy) is 2. The van der Waals surface area contributed by atoms with Crippen molar-refractivity contribution in [2.24, 2.45) is 11.8 Å². The molecule has 1 spiro atoms. The molecule has 5 rings (SSSR count). The van der Waals surface area contributed by atoms with Crippen LogP contribution in [0.3, 0.4) is 0 Å². The van der Waals surface area contributed by atoms with Crippen LogP contribution in [0, 0.1) is 11.8 Å². The Morgan fingerprint density at radius 2 is 1.95 bits per heavy atom. The van der Waals surface area contributed by atoms with Gasteiger partial charge in [0, 0.05) is 24.3 Å². The predicted octanol–water partition coefficient (Wildman–Crippen LogP) is 3.81. The Bertz CT molecular complexity index is 1050. The van der Waals surface area contributed by atoms with Gasteiger partial charge in [-0.3, -0.25) is 14.4 Å². The first-order chi connectivity index (χ1) is 18.0. The molecule has 0 aromatic heterocycles. The van der Waals surface area contributed by atoms with Gasteiger partial charge in [0.25, 0.3) is 0 Å². The van der Waals surface area contributed by atoms with Gasteiger partial charge in [-0.1, -0.05) is 63.7 Å². The summed E-state index contributed by atoms with van der Waals surface area (Å²) in [6, 6.07) is 6.51. The maximum Gasteiger partial charge on any atom is 0.246 e. The van der Waals surface area contributed by atoms with Crippen molar-refractivity contribution in [3.63, 3.8) is 0 Å². The highest BCUT2D eigenvalue weighted by Gasteiger charge is 2.72. The molecular formula is C29H39N3O5. The lowest BCUT2D eigenvalue weighted by Gasteiger charge is -2.34. The maximum absolute atomic E-state index is 13.9. The fourth-order valence-electron chi connectivity index (χ4n) is 6.67. The number of anilines is 1. The van der Waals surface area contributed by atoms with Crippen molar-refractivity contribution in [1.82, 2.24) is 10.2 Å². The van der Waals surface area contributed by atoms with Gasteiger partial charge < -0.3 is 25.0 Å². The normalized spacial score (nSPS) is 30.4. The predicted molar refractivity (Wildman–Crippen MR) is 140 cm³/mol. The number of methoxy groups -OCH3 is 1. The summed E-state index contributed by atoms with van der Waals surface area (Å²) in [6.45, 7) is 2.64. The second-order valence-electron chi connectivity index (χ2n) is 10.9. The van der Waals surface area contributed by atoms with E-state index in [1.165, 1.54) is 6.42 Å². The van der Waals surface area contributed by atoms with Gasteiger partial charge in [0.15, 0.2) is 0 Å². The fraction of sp³-hybridized carbons (Fsp3) is 0.621. The highest BCUT2D eigenvalue weighted by atomic mass is 16.5. The fourth-order valence-corrected chi connectivity index (χ4v) is 6.67. The van der Waals surface area contributed by atoms with Gasteiger partial charge in [0.1, 0.15) is 17.4 Å². The number of hydrogen-bond acceptors (Lipinski definition) is 5. The third-order valence-corrected chi connectivity index (χ3v) is 8.47. The van der Waals surface area contributed by atoms with Crippen LogP contribution in [0.4, 0.5) is 5.69 Å². The molecule has 1 aromatic rings. The van der Waals surface area contributed by atoms with Crippen LogP contribution >= 0.6 is 0 Å². The van der Waals surface area contributed by atoms with Crippen LogP contribution in [-0.2, 0) is 19.1 Å². The van der Waals surface area contributed by atoms with E-state index < -0.39 is 29.6 Å². The molecule has 2 bridgehead atoms. The first-order valence-corrected chi connectivity index (χ1v) is 13.9. The van der Waals surface area contributed by atoms with E-state index in [2.05, 4.69) is 17.6 Å². The summed E-state index contributed by atoms with van der Waals surface area (Å²) in [6.07, 6.45) is 12.5. The monoisotopic (exact) mass is 509 g/mol. The first kappa shape index (κ1) is 25.8. The SMILES string of the molecule is CCCCCCN1C(=O)[C@H]2[C@@H](C(=O)Nc3cccc(OC)c3)[C@H]3C=C[C@@]2(O3)[C@@H]1C(=O)NC1CCCCC1. The number of unbranched alkanes of at least 4 members (excludes halogenated alkanes) is 3. The number of carbonyl (C=O) groups excluding carboxylic acids is 3. The topological polar surface area (TPSA) is 97.0 Å². The lowest BCUT2D eigenvalue weighted by Crippen LogP contribution is -2.56. The van der Waals surface area contributed by atoms with Crippen molar-refractivity contribution < 1.29 is 23.9 Å². The number of hydrogen-bond donors (Lipinski definition) is 2. The zero-order valence-electron chi connectivity index (χ0n) is 21.9. The van der Waals surface area contributed by atoms with E-state index in [0.717, 1.165) is 51.4 Å². The molecule has 0 unspecified atom stereocenters. The quantitative estimate of drug-likeness (QED) is 0.369. The van der Waals surface area contributed by atoms with Crippen LogP contribution in [0.25, 0.3) is 0 Å². The van der Waals surface area contributed by atoms with Crippen LogP contribution in [0.2, 0.25) is 0 Å². The molecule has 3 aliphatic heterocycles. The number of benzene rings is 1. The summed E-state index contributed by atoms with van der Waals surface area (Å²) >= 11 is 0. The summed E-state index contributed by atoms with van der Waals surface area (Å²) in [5.41, 5.74) is -0.514. The standard InChI is InChI=1S/C29H39N3O5/c1-3-4-5-9-17-32-25(27(34)30-19-11-7-6-8-12-19)29-16-15-22(37-29)23(24(29)28(32)35)26(33)31-20-13-10-14-21(18-20)36-2/h10,13-16,18-19,22-25H,3-9,11-12,17H2,1-2H3,(H,30,34)(H,31,33)/t22-,23+,24-,25+,29+/m1/s1. The lowest BCUT2D eigenvalue weighted by atomic mass is 9.74. The summed E-state index contributed by atoms with van der Waals surface area (Å²) in [4.78, 5) is 43.0. The molecule has 8 nitrogen and oxygen atoms in total. The molecule has 8 heteroatoms. The number of amides is 3. The smallest absolute Gasteiger partial charge is 0.246 e. The van der Waals surface area contributed by atoms with Crippen LogP contribution in [0.15, 0.2) is 36.4 Å². The van der Waals surface area contributed by atoms with E-state index in [0.29, 0.717) is 18.0 Å². The second-order valence-corrected chi connectivity index (χ2v) is 10.9. The number of nitrogens with one attached hydrogen (secondary N) is 2. The van der Waals surface area contributed by atoms with Gasteiger partial charge in [-0.15, -0.1) is 0 Å². The lowest BCUT2D eigenvalue weighted by molar-refractivity contribution is -0.141. The third-order valence-electron chi connectivity index (χ3n) is 8.47. The largest absolute Gasteiger partial charge is 0.497 e. The van der Waals surface area contributed by atoms with Crippen molar-refractivity contribution in [2.75, 3.05) is 19.0 Å². The van der Waals surface area contributed by atoms with Crippen molar-refractivity contribution in [1.29, 1.82) is 0 Å². The number of rotatable bonds is 10. The Balaban J connectivity index is 1.40. The Morgan fingerprint density at radius 3 is 2.70 bits per heavy atom. The molecule has 37 heavy (non-hydrogen) atoms. The molecule has 2 N–H and O–H groups in total. The first-order valence-electron chi connectivity index (χ1n) is 13.9. The van der Waals surface area contributed by atoms with Crippen LogP contribution < -0.4 is 15.4 Å². The van der Waals surface area contributed by atoms with Crippen molar-refractivity contribution in [3.05, 3.63) is 36.4 Å². The van der Waals surface area contributed by atoms with E-state index in [4.69, 9.17) is 9.47 Å². The molecule has 1 saturated carbocycles. The average molecular weight is 510 g/mol. The molecule has 5 atom stereocenters. The number of carbonyl (C=O) groups is 3. The van der Waals surface area contributed by atoms with Crippen LogP contribution in [0.5, 0.6) is 5.75 Å². The molecule has 2 saturated heterocycles. The molecule has 200 valence electrons. The third kappa shape index (κ3) is 4.76. The number of nitrogens with zero attached hydrogens (tertiary/aromatic N) is 1. The molecule has 1 aliphatic carbocycles. The minimum Gasteiger partial charge on any atom is -0.497 e. The molecule has 3 fully saturated rings. The molecule has 4 aliphatic rings. The van der Waals surface area contributed by atoms with E-state index in [1.807, 2.05) is 12.2 Å². The molecule has 3 amide bonds. The maximum atomic E-state index is 13.9. The van der Waals surface area contributed by atoms with Crippen molar-refractivity contribution in [3.8, 4) is 5.75 Å². The Kier molecular flexibility index (Phi) is 7.56. The van der Waals surface area contributed by atoms with Crippen LogP contribution in [0.1, 0.15) is 64.7 Å². The van der Waals surface area contributed by atoms with Gasteiger partial charge in [0.2, 0.25) is 17.7 Å². The van der Waals surface area contributed by atoms with Gasteiger partial charge in [-0.25, -0.2) is 0 Å². The molecule has 3 heterocycles. The van der Waals surface area contributed by atoms with Gasteiger partial charge in [-0.2, -0.15) is 0 Å². The Labute approximate surface area is 219 Å². The van der Waals surface area contributed by atoms with Crippen LogP contribution in [-0.4, -0.2) is 60.1 Å². The minimum atomic E-state index is -1.11. The highest BCUT2D eigenvalue weighted by molar-refractivity contribution is 6.02. The summed E-state index contributed by atoms with van der Waals surface area (Å²) in [5.74, 6) is -1.37. The van der Waals surface area contributed by atoms with E-state index in [9.17, 15) is 14.4 Å². The summed E-state index contributed by atoms with van der Waals surface area (Å²) in [5, 5.41) is 6.19. The Morgan fingerprint density at radius 1 is 1.14 bits per heavy atom. The van der Waals surface area contributed by atoms with Gasteiger partial charge in [-0.05, 0) is 31.4 Å². The number of fused-ring (bicyclic) bond motifs is 1. The zero-order valence-corrected chi connectivity index (χ0v) is 21.9. The number of likely N-dealkylation sites (tertiary alicyclic amines) is 1. The second kappa shape index (κ2) is 10.9. The minimum absolute atomic E-state index is 0.128. The van der Waals surface area contributed by atoms with Gasteiger partial charge in [0.05, 0.1) is 25.0 Å². The van der Waals surface area contributed by atoms with Crippen molar-refractivity contribution in [2.45, 2.75) is 88.5 Å². The Hall–Kier alpha value is -2.87. The zero-order chi connectivity index (χ0) is 26.0. The molecule has 1 aromatic carbocycles. The van der Waals surface area contributed by atoms with Gasteiger partial charge >= 0.3 is 0 Å². The molecule has 0 radical (unpaired) electrons. The van der Waals surface area contributed by atoms with E-state index >= 15 is 0 Å². The van der Waals surface area contributed by atoms with E-state index in [1.54, 1.807) is 36.3 Å². The molecular weight excluding hydrogens is 470 g/mol.